The minimum Gasteiger partial charge on any atom is -0.512 e. The topological polar surface area (TPSA) is 37.3 Å². The molecule has 2 nitrogen and oxygen atoms in total. The Hall–Kier alpha value is -1.09. The summed E-state index contributed by atoms with van der Waals surface area (Å²) in [5.74, 6) is 0.105. The maximum atomic E-state index is 11.0. The van der Waals surface area contributed by atoms with Gasteiger partial charge in [-0.3, -0.25) is 4.79 Å². The Morgan fingerprint density at radius 1 is 1.31 bits per heavy atom. The summed E-state index contributed by atoms with van der Waals surface area (Å²) in [6.07, 6.45) is 1.21. The van der Waals surface area contributed by atoms with Gasteiger partial charge in [0.2, 0.25) is 0 Å². The number of hydrogen-bond donors (Lipinski definition) is 1. The summed E-state index contributed by atoms with van der Waals surface area (Å²) < 4.78 is 1.03. The number of halogens is 1. The van der Waals surface area contributed by atoms with E-state index in [4.69, 9.17) is 0 Å². The van der Waals surface area contributed by atoms with Crippen LogP contribution in [0.3, 0.4) is 0 Å². The Bertz CT molecular complexity index is 422. The summed E-state index contributed by atoms with van der Waals surface area (Å²) in [5, 5.41) is 9.68. The Morgan fingerprint density at radius 3 is 2.50 bits per heavy atom. The minimum atomic E-state index is -0.0790. The standard InChI is InChI=1S/C13H15BrO2/c1-9(10(2)15)13(16)8-7-11-5-3-4-6-12(11)14/h3-6,16H,7-8H2,1-2H3. The van der Waals surface area contributed by atoms with Gasteiger partial charge in [0.15, 0.2) is 5.78 Å². The molecule has 1 aromatic rings. The summed E-state index contributed by atoms with van der Waals surface area (Å²) in [4.78, 5) is 11.0. The summed E-state index contributed by atoms with van der Waals surface area (Å²) in [6, 6.07) is 7.87. The highest BCUT2D eigenvalue weighted by Crippen LogP contribution is 2.19. The average molecular weight is 283 g/mol. The summed E-state index contributed by atoms with van der Waals surface area (Å²) in [6.45, 7) is 3.11. The number of aliphatic hydroxyl groups is 1. The molecule has 0 saturated carbocycles. The molecule has 3 heteroatoms. The van der Waals surface area contributed by atoms with Crippen LogP contribution in [-0.4, -0.2) is 10.9 Å². The van der Waals surface area contributed by atoms with Gasteiger partial charge in [-0.2, -0.15) is 0 Å². The van der Waals surface area contributed by atoms with Crippen molar-refractivity contribution in [3.63, 3.8) is 0 Å². The highest BCUT2D eigenvalue weighted by molar-refractivity contribution is 9.10. The van der Waals surface area contributed by atoms with E-state index in [0.717, 1.165) is 16.5 Å². The van der Waals surface area contributed by atoms with Crippen LogP contribution in [0.1, 0.15) is 25.8 Å². The van der Waals surface area contributed by atoms with Gasteiger partial charge in [0.25, 0.3) is 0 Å². The zero-order valence-electron chi connectivity index (χ0n) is 9.46. The van der Waals surface area contributed by atoms with E-state index in [9.17, 15) is 9.90 Å². The van der Waals surface area contributed by atoms with E-state index < -0.39 is 0 Å². The zero-order valence-corrected chi connectivity index (χ0v) is 11.0. The molecule has 0 amide bonds. The monoisotopic (exact) mass is 282 g/mol. The van der Waals surface area contributed by atoms with Crippen molar-refractivity contribution in [2.75, 3.05) is 0 Å². The maximum absolute atomic E-state index is 11.0. The number of carbonyl (C=O) groups excluding carboxylic acids is 1. The molecule has 1 aromatic carbocycles. The van der Waals surface area contributed by atoms with Crippen molar-refractivity contribution >= 4 is 21.7 Å². The molecule has 0 unspecified atom stereocenters. The van der Waals surface area contributed by atoms with Gasteiger partial charge >= 0.3 is 0 Å². The molecule has 0 saturated heterocycles. The van der Waals surface area contributed by atoms with E-state index in [-0.39, 0.29) is 11.5 Å². The molecule has 86 valence electrons. The van der Waals surface area contributed by atoms with E-state index in [2.05, 4.69) is 15.9 Å². The molecule has 16 heavy (non-hydrogen) atoms. The Labute approximate surface area is 104 Å². The van der Waals surface area contributed by atoms with Crippen molar-refractivity contribution in [2.45, 2.75) is 26.7 Å². The molecule has 0 aliphatic carbocycles. The first-order valence-corrected chi connectivity index (χ1v) is 5.94. The zero-order chi connectivity index (χ0) is 12.1. The van der Waals surface area contributed by atoms with Crippen LogP contribution in [0, 0.1) is 0 Å². The fourth-order valence-corrected chi connectivity index (χ4v) is 1.83. The number of hydrogen-bond acceptors (Lipinski definition) is 2. The van der Waals surface area contributed by atoms with Crippen molar-refractivity contribution in [1.82, 2.24) is 0 Å². The predicted molar refractivity (Wildman–Crippen MR) is 68.5 cm³/mol. The van der Waals surface area contributed by atoms with Crippen molar-refractivity contribution < 1.29 is 9.90 Å². The van der Waals surface area contributed by atoms with Gasteiger partial charge in [-0.25, -0.2) is 0 Å². The van der Waals surface area contributed by atoms with Crippen molar-refractivity contribution in [3.05, 3.63) is 45.6 Å². The van der Waals surface area contributed by atoms with Gasteiger partial charge in [-0.1, -0.05) is 34.1 Å². The summed E-state index contributed by atoms with van der Waals surface area (Å²) >= 11 is 3.45. The molecule has 0 heterocycles. The largest absolute Gasteiger partial charge is 0.512 e. The van der Waals surface area contributed by atoms with E-state index in [1.165, 1.54) is 6.92 Å². The second-order valence-corrected chi connectivity index (χ2v) is 4.57. The third-order valence-corrected chi connectivity index (χ3v) is 3.32. The van der Waals surface area contributed by atoms with Gasteiger partial charge in [-0.05, 0) is 31.9 Å². The van der Waals surface area contributed by atoms with Crippen LogP contribution < -0.4 is 0 Å². The molecule has 0 bridgehead atoms. The number of carbonyl (C=O) groups is 1. The van der Waals surface area contributed by atoms with Gasteiger partial charge in [0.1, 0.15) is 0 Å². The molecule has 0 radical (unpaired) electrons. The Morgan fingerprint density at radius 2 is 1.94 bits per heavy atom. The lowest BCUT2D eigenvalue weighted by molar-refractivity contribution is -0.113. The first-order chi connectivity index (χ1) is 7.52. The van der Waals surface area contributed by atoms with E-state index in [1.54, 1.807) is 6.92 Å². The van der Waals surface area contributed by atoms with Crippen molar-refractivity contribution in [3.8, 4) is 0 Å². The van der Waals surface area contributed by atoms with Gasteiger partial charge in [-0.15, -0.1) is 0 Å². The number of benzene rings is 1. The lowest BCUT2D eigenvalue weighted by atomic mass is 10.1. The number of ketones is 1. The van der Waals surface area contributed by atoms with Crippen molar-refractivity contribution in [2.24, 2.45) is 0 Å². The van der Waals surface area contributed by atoms with Gasteiger partial charge in [0.05, 0.1) is 5.76 Å². The van der Waals surface area contributed by atoms with Crippen LogP contribution in [0.25, 0.3) is 0 Å². The number of aliphatic hydroxyl groups excluding tert-OH is 1. The Balaban J connectivity index is 2.69. The second kappa shape index (κ2) is 5.85. The highest BCUT2D eigenvalue weighted by Gasteiger charge is 2.06. The molecule has 0 aromatic heterocycles. The highest BCUT2D eigenvalue weighted by atomic mass is 79.9. The molecule has 1 rings (SSSR count). The van der Waals surface area contributed by atoms with Gasteiger partial charge in [0, 0.05) is 16.5 Å². The van der Waals surface area contributed by atoms with Gasteiger partial charge < -0.3 is 5.11 Å². The second-order valence-electron chi connectivity index (χ2n) is 3.72. The van der Waals surface area contributed by atoms with Crippen LogP contribution in [0.5, 0.6) is 0 Å². The molecule has 0 atom stereocenters. The quantitative estimate of drug-likeness (QED) is 0.674. The van der Waals surface area contributed by atoms with E-state index in [1.807, 2.05) is 24.3 Å². The molecule has 1 N–H and O–H groups in total. The molecule has 0 spiro atoms. The minimum absolute atomic E-state index is 0.0790. The van der Waals surface area contributed by atoms with Crippen LogP contribution in [-0.2, 0) is 11.2 Å². The van der Waals surface area contributed by atoms with E-state index in [0.29, 0.717) is 12.0 Å². The molecule has 0 fully saturated rings. The molecule has 0 aliphatic rings. The Kier molecular flexibility index (Phi) is 4.74. The summed E-state index contributed by atoms with van der Waals surface area (Å²) in [7, 11) is 0. The maximum Gasteiger partial charge on any atom is 0.158 e. The summed E-state index contributed by atoms with van der Waals surface area (Å²) in [5.41, 5.74) is 1.58. The predicted octanol–water partition coefficient (Wildman–Crippen LogP) is 3.80. The SMILES string of the molecule is CC(=O)C(C)=C(O)CCc1ccccc1Br. The number of rotatable bonds is 4. The van der Waals surface area contributed by atoms with E-state index >= 15 is 0 Å². The molecule has 0 aliphatic heterocycles. The lowest BCUT2D eigenvalue weighted by Gasteiger charge is -2.05. The number of allylic oxidation sites excluding steroid dienone is 2. The third kappa shape index (κ3) is 3.49. The third-order valence-electron chi connectivity index (χ3n) is 2.55. The lowest BCUT2D eigenvalue weighted by Crippen LogP contribution is -1.99. The smallest absolute Gasteiger partial charge is 0.158 e. The van der Waals surface area contributed by atoms with Crippen LogP contribution >= 0.6 is 15.9 Å². The van der Waals surface area contributed by atoms with Crippen LogP contribution in [0.15, 0.2) is 40.1 Å². The first-order valence-electron chi connectivity index (χ1n) is 5.15. The number of aryl methyl sites for hydroxylation is 1. The van der Waals surface area contributed by atoms with Crippen molar-refractivity contribution in [1.29, 1.82) is 0 Å². The average Bonchev–Trinajstić information content (AvgIpc) is 2.26. The first kappa shape index (κ1) is 13.0. The molecular weight excluding hydrogens is 268 g/mol. The normalized spacial score (nSPS) is 12.2. The van der Waals surface area contributed by atoms with Crippen LogP contribution in [0.2, 0.25) is 0 Å². The number of Topliss-reactive ketones (excluding diaryl/α,β-unsaturated/α-hetero) is 1. The van der Waals surface area contributed by atoms with Crippen LogP contribution in [0.4, 0.5) is 0 Å². The molecular formula is C13H15BrO2. The fraction of sp³-hybridized carbons (Fsp3) is 0.308. The fourth-order valence-electron chi connectivity index (χ4n) is 1.34.